The summed E-state index contributed by atoms with van der Waals surface area (Å²) in [4.78, 5) is 4.03. The molecule has 0 unspecified atom stereocenters. The summed E-state index contributed by atoms with van der Waals surface area (Å²) in [5.74, 6) is 1.15. The van der Waals surface area contributed by atoms with Crippen LogP contribution in [0.5, 0.6) is 11.6 Å². The van der Waals surface area contributed by atoms with Gasteiger partial charge in [0.2, 0.25) is 5.88 Å². The largest absolute Gasteiger partial charge is 0.439 e. The van der Waals surface area contributed by atoms with Gasteiger partial charge >= 0.3 is 0 Å². The zero-order valence-electron chi connectivity index (χ0n) is 8.84. The van der Waals surface area contributed by atoms with E-state index in [0.717, 1.165) is 0 Å². The van der Waals surface area contributed by atoms with Gasteiger partial charge in [0.1, 0.15) is 17.5 Å². The zero-order valence-corrected chi connectivity index (χ0v) is 8.84. The Labute approximate surface area is 93.9 Å². The summed E-state index contributed by atoms with van der Waals surface area (Å²) in [7, 11) is 0. The van der Waals surface area contributed by atoms with E-state index in [1.165, 1.54) is 5.56 Å². The van der Waals surface area contributed by atoms with Gasteiger partial charge in [-0.25, -0.2) is 4.98 Å². The molecule has 0 atom stereocenters. The van der Waals surface area contributed by atoms with Crippen molar-refractivity contribution in [3.8, 4) is 17.7 Å². The van der Waals surface area contributed by atoms with Crippen LogP contribution in [-0.2, 0) is 0 Å². The van der Waals surface area contributed by atoms with Crippen molar-refractivity contribution in [2.75, 3.05) is 0 Å². The summed E-state index contributed by atoms with van der Waals surface area (Å²) in [5.41, 5.74) is 1.52. The lowest BCUT2D eigenvalue weighted by Crippen LogP contribution is -1.89. The van der Waals surface area contributed by atoms with E-state index in [-0.39, 0.29) is 0 Å². The lowest BCUT2D eigenvalue weighted by molar-refractivity contribution is 0.462. The van der Waals surface area contributed by atoms with Crippen LogP contribution in [0.15, 0.2) is 42.5 Å². The Hall–Kier alpha value is -2.34. The number of aryl methyl sites for hydroxylation is 1. The van der Waals surface area contributed by atoms with E-state index in [9.17, 15) is 0 Å². The molecule has 78 valence electrons. The molecule has 16 heavy (non-hydrogen) atoms. The molecule has 0 saturated carbocycles. The lowest BCUT2D eigenvalue weighted by atomic mass is 10.2. The van der Waals surface area contributed by atoms with Crippen molar-refractivity contribution < 1.29 is 4.74 Å². The molecule has 0 bridgehead atoms. The molecule has 0 N–H and O–H groups in total. The molecular weight excluding hydrogens is 200 g/mol. The van der Waals surface area contributed by atoms with Crippen molar-refractivity contribution in [3.63, 3.8) is 0 Å². The van der Waals surface area contributed by atoms with E-state index >= 15 is 0 Å². The molecule has 2 rings (SSSR count). The van der Waals surface area contributed by atoms with Crippen LogP contribution >= 0.6 is 0 Å². The highest BCUT2D eigenvalue weighted by molar-refractivity contribution is 5.31. The first kappa shape index (κ1) is 10.2. The Morgan fingerprint density at radius 1 is 1.12 bits per heavy atom. The molecule has 0 aliphatic carbocycles. The van der Waals surface area contributed by atoms with Crippen molar-refractivity contribution in [2.45, 2.75) is 6.92 Å². The Bertz CT molecular complexity index is 526. The molecule has 0 aliphatic rings. The molecule has 2 aromatic rings. The number of hydrogen-bond acceptors (Lipinski definition) is 3. The van der Waals surface area contributed by atoms with Gasteiger partial charge in [-0.3, -0.25) is 0 Å². The normalized spacial score (nSPS) is 9.50. The van der Waals surface area contributed by atoms with E-state index in [0.29, 0.717) is 17.3 Å². The number of aromatic nitrogens is 1. The molecule has 0 fully saturated rings. The Kier molecular flexibility index (Phi) is 2.84. The average Bonchev–Trinajstić information content (AvgIpc) is 2.32. The summed E-state index contributed by atoms with van der Waals surface area (Å²) in [6.07, 6.45) is 0. The maximum Gasteiger partial charge on any atom is 0.220 e. The number of nitriles is 1. The average molecular weight is 210 g/mol. The zero-order chi connectivity index (χ0) is 11.4. The van der Waals surface area contributed by atoms with Gasteiger partial charge in [-0.1, -0.05) is 23.8 Å². The third-order valence-electron chi connectivity index (χ3n) is 2.08. The second-order valence-corrected chi connectivity index (χ2v) is 3.39. The van der Waals surface area contributed by atoms with Gasteiger partial charge in [-0.05, 0) is 25.1 Å². The van der Waals surface area contributed by atoms with Gasteiger partial charge in [0.15, 0.2) is 0 Å². The predicted octanol–water partition coefficient (Wildman–Crippen LogP) is 3.05. The van der Waals surface area contributed by atoms with Gasteiger partial charge in [0.05, 0.1) is 0 Å². The van der Waals surface area contributed by atoms with Crippen LogP contribution in [0.2, 0.25) is 0 Å². The van der Waals surface area contributed by atoms with Crippen LogP contribution in [0, 0.1) is 18.3 Å². The fourth-order valence-electron chi connectivity index (χ4n) is 1.26. The van der Waals surface area contributed by atoms with Crippen LogP contribution in [0.25, 0.3) is 0 Å². The smallest absolute Gasteiger partial charge is 0.220 e. The van der Waals surface area contributed by atoms with Crippen molar-refractivity contribution in [3.05, 3.63) is 53.7 Å². The quantitative estimate of drug-likeness (QED) is 0.765. The lowest BCUT2D eigenvalue weighted by Gasteiger charge is -2.04. The number of nitrogens with zero attached hydrogens (tertiary/aromatic N) is 2. The molecule has 0 aliphatic heterocycles. The van der Waals surface area contributed by atoms with Crippen LogP contribution in [0.4, 0.5) is 0 Å². The van der Waals surface area contributed by atoms with Gasteiger partial charge in [0.25, 0.3) is 0 Å². The molecule has 1 heterocycles. The number of benzene rings is 1. The third-order valence-corrected chi connectivity index (χ3v) is 2.08. The highest BCUT2D eigenvalue weighted by Crippen LogP contribution is 2.19. The summed E-state index contributed by atoms with van der Waals surface area (Å²) in [6.45, 7) is 2.01. The third kappa shape index (κ3) is 2.37. The number of pyridine rings is 1. The molecule has 0 spiro atoms. The molecule has 0 saturated heterocycles. The van der Waals surface area contributed by atoms with Crippen LogP contribution in [0.3, 0.4) is 0 Å². The van der Waals surface area contributed by atoms with E-state index < -0.39 is 0 Å². The molecule has 0 radical (unpaired) electrons. The molecule has 1 aromatic heterocycles. The van der Waals surface area contributed by atoms with Crippen molar-refractivity contribution in [1.29, 1.82) is 5.26 Å². The van der Waals surface area contributed by atoms with E-state index in [4.69, 9.17) is 10.00 Å². The molecule has 0 amide bonds. The minimum absolute atomic E-state index is 0.351. The summed E-state index contributed by atoms with van der Waals surface area (Å²) in [5, 5.41) is 8.70. The summed E-state index contributed by atoms with van der Waals surface area (Å²) < 4.78 is 5.51. The first-order chi connectivity index (χ1) is 7.78. The first-order valence-electron chi connectivity index (χ1n) is 4.89. The van der Waals surface area contributed by atoms with Gasteiger partial charge in [-0.15, -0.1) is 0 Å². The topological polar surface area (TPSA) is 45.9 Å². The van der Waals surface area contributed by atoms with Gasteiger partial charge < -0.3 is 4.74 Å². The van der Waals surface area contributed by atoms with E-state index in [1.54, 1.807) is 18.2 Å². The second kappa shape index (κ2) is 4.45. The van der Waals surface area contributed by atoms with E-state index in [2.05, 4.69) is 4.98 Å². The Morgan fingerprint density at radius 2 is 1.88 bits per heavy atom. The number of hydrogen-bond donors (Lipinski definition) is 0. The minimum atomic E-state index is 0.351. The SMILES string of the molecule is Cc1ccc(Oc2cccc(C#N)n2)cc1. The predicted molar refractivity (Wildman–Crippen MR) is 60.2 cm³/mol. The maximum absolute atomic E-state index is 8.70. The number of rotatable bonds is 2. The first-order valence-corrected chi connectivity index (χ1v) is 4.89. The molecule has 3 heteroatoms. The molecule has 1 aromatic carbocycles. The van der Waals surface area contributed by atoms with Crippen molar-refractivity contribution in [1.82, 2.24) is 4.98 Å². The maximum atomic E-state index is 8.70. The highest BCUT2D eigenvalue weighted by atomic mass is 16.5. The summed E-state index contributed by atoms with van der Waals surface area (Å²) >= 11 is 0. The molecular formula is C13H10N2O. The summed E-state index contributed by atoms with van der Waals surface area (Å²) in [6, 6.07) is 14.7. The monoisotopic (exact) mass is 210 g/mol. The fourth-order valence-corrected chi connectivity index (χ4v) is 1.26. The van der Waals surface area contributed by atoms with E-state index in [1.807, 2.05) is 37.3 Å². The molecule has 3 nitrogen and oxygen atoms in total. The standard InChI is InChI=1S/C13H10N2O/c1-10-5-7-12(8-6-10)16-13-4-2-3-11(9-14)15-13/h2-8H,1H3. The van der Waals surface area contributed by atoms with Crippen LogP contribution in [0.1, 0.15) is 11.3 Å². The second-order valence-electron chi connectivity index (χ2n) is 3.39. The Balaban J connectivity index is 2.21. The van der Waals surface area contributed by atoms with Gasteiger partial charge in [-0.2, -0.15) is 5.26 Å². The van der Waals surface area contributed by atoms with Crippen molar-refractivity contribution in [2.24, 2.45) is 0 Å². The fraction of sp³-hybridized carbons (Fsp3) is 0.0769. The number of ether oxygens (including phenoxy) is 1. The van der Waals surface area contributed by atoms with Gasteiger partial charge in [0, 0.05) is 6.07 Å². The van der Waals surface area contributed by atoms with Crippen LogP contribution in [-0.4, -0.2) is 4.98 Å². The Morgan fingerprint density at radius 3 is 2.56 bits per heavy atom. The van der Waals surface area contributed by atoms with Crippen LogP contribution < -0.4 is 4.74 Å². The minimum Gasteiger partial charge on any atom is -0.439 e. The van der Waals surface area contributed by atoms with Crippen molar-refractivity contribution >= 4 is 0 Å². The highest BCUT2D eigenvalue weighted by Gasteiger charge is 1.99.